The van der Waals surface area contributed by atoms with Gasteiger partial charge in [0.25, 0.3) is 0 Å². The van der Waals surface area contributed by atoms with Crippen molar-refractivity contribution in [3.8, 4) is 0 Å². The first-order valence-corrected chi connectivity index (χ1v) is 9.42. The summed E-state index contributed by atoms with van der Waals surface area (Å²) in [4.78, 5) is 0. The molecule has 0 saturated carbocycles. The molecule has 2 atom stereocenters. The maximum absolute atomic E-state index is 2.46. The first-order chi connectivity index (χ1) is 6.05. The van der Waals surface area contributed by atoms with E-state index in [4.69, 9.17) is 0 Å². The maximum atomic E-state index is 2.46. The minimum atomic E-state index is 0. The molecular weight excluding hydrogens is 228 g/mol. The van der Waals surface area contributed by atoms with E-state index >= 15 is 0 Å². The number of rotatable bonds is 3. The Kier molecular flexibility index (Phi) is 11.3. The molecule has 0 radical (unpaired) electrons. The van der Waals surface area contributed by atoms with Gasteiger partial charge in [-0.25, -0.2) is 0 Å². The lowest BCUT2D eigenvalue weighted by Crippen LogP contribution is -2.17. The third-order valence-electron chi connectivity index (χ3n) is 3.06. The van der Waals surface area contributed by atoms with E-state index < -0.39 is 0 Å². The molecular formula is C12H34B2P2. The molecule has 0 aromatic heterocycles. The van der Waals surface area contributed by atoms with Gasteiger partial charge in [0.2, 0.25) is 0 Å². The topological polar surface area (TPSA) is 0 Å². The fourth-order valence-corrected chi connectivity index (χ4v) is 4.71. The lowest BCUT2D eigenvalue weighted by atomic mass is 10.3. The summed E-state index contributed by atoms with van der Waals surface area (Å²) < 4.78 is 0. The molecule has 4 heteroatoms. The summed E-state index contributed by atoms with van der Waals surface area (Å²) >= 11 is 0. The average molecular weight is 262 g/mol. The van der Waals surface area contributed by atoms with Crippen LogP contribution < -0.4 is 0 Å². The van der Waals surface area contributed by atoms with E-state index in [2.05, 4.69) is 54.9 Å². The van der Waals surface area contributed by atoms with Crippen LogP contribution in [0.25, 0.3) is 0 Å². The van der Waals surface area contributed by atoms with Gasteiger partial charge in [-0.05, 0) is 36.0 Å². The summed E-state index contributed by atoms with van der Waals surface area (Å²) in [5.41, 5.74) is 0. The van der Waals surface area contributed by atoms with E-state index in [0.717, 1.165) is 0 Å². The zero-order valence-corrected chi connectivity index (χ0v) is 13.1. The van der Waals surface area contributed by atoms with Crippen molar-refractivity contribution in [1.82, 2.24) is 0 Å². The Morgan fingerprint density at radius 2 is 0.812 bits per heavy atom. The van der Waals surface area contributed by atoms with Crippen LogP contribution in [0, 0.1) is 0 Å². The van der Waals surface area contributed by atoms with Crippen LogP contribution in [0.1, 0.15) is 41.5 Å². The molecule has 0 rings (SSSR count). The van der Waals surface area contributed by atoms with Crippen LogP contribution in [0.2, 0.25) is 0 Å². The third kappa shape index (κ3) is 9.07. The second-order valence-electron chi connectivity index (χ2n) is 6.18. The molecule has 0 amide bonds. The smallest absolute Gasteiger partial charge is 0.0814 e. The Labute approximate surface area is 110 Å². The van der Waals surface area contributed by atoms with Crippen LogP contribution in [0.5, 0.6) is 0 Å². The Bertz CT molecular complexity index is 151. The van der Waals surface area contributed by atoms with E-state index in [1.807, 2.05) is 0 Å². The quantitative estimate of drug-likeness (QED) is 0.541. The highest BCUT2D eigenvalue weighted by molar-refractivity contribution is 7.62. The van der Waals surface area contributed by atoms with Gasteiger partial charge in [-0.3, -0.25) is 0 Å². The molecule has 0 spiro atoms. The fraction of sp³-hybridized carbons (Fsp3) is 1.00. The minimum absolute atomic E-state index is 0. The SMILES string of the molecule is B.B.CP(CCP(C)C(C)(C)C)C(C)(C)C. The van der Waals surface area contributed by atoms with Crippen LogP contribution in [0.15, 0.2) is 0 Å². The molecule has 0 heterocycles. The molecule has 98 valence electrons. The van der Waals surface area contributed by atoms with Gasteiger partial charge < -0.3 is 0 Å². The molecule has 0 bridgehead atoms. The summed E-state index contributed by atoms with van der Waals surface area (Å²) in [7, 11) is 0.430. The summed E-state index contributed by atoms with van der Waals surface area (Å²) in [6.45, 7) is 19.2. The highest BCUT2D eigenvalue weighted by atomic mass is 31.1. The van der Waals surface area contributed by atoms with Gasteiger partial charge in [-0.15, -0.1) is 15.8 Å². The zero-order valence-electron chi connectivity index (χ0n) is 11.3. The molecule has 0 aromatic carbocycles. The van der Waals surface area contributed by atoms with Crippen molar-refractivity contribution in [3.05, 3.63) is 0 Å². The lowest BCUT2D eigenvalue weighted by molar-refractivity contribution is 0.777. The normalized spacial score (nSPS) is 15.8. The first kappa shape index (κ1) is 22.2. The number of hydrogen-bond donors (Lipinski definition) is 0. The largest absolute Gasteiger partial charge is 0.104 e. The van der Waals surface area contributed by atoms with Crippen LogP contribution in [0.4, 0.5) is 0 Å². The third-order valence-corrected chi connectivity index (χ3v) is 9.78. The van der Waals surface area contributed by atoms with Gasteiger partial charge in [-0.1, -0.05) is 41.5 Å². The molecule has 0 aliphatic carbocycles. The van der Waals surface area contributed by atoms with Crippen molar-refractivity contribution in [1.29, 1.82) is 0 Å². The molecule has 0 aliphatic rings. The second kappa shape index (κ2) is 8.15. The van der Waals surface area contributed by atoms with Gasteiger partial charge in [0, 0.05) is 0 Å². The van der Waals surface area contributed by atoms with Crippen molar-refractivity contribution in [2.24, 2.45) is 0 Å². The van der Waals surface area contributed by atoms with E-state index in [0.29, 0.717) is 10.3 Å². The van der Waals surface area contributed by atoms with Crippen molar-refractivity contribution in [3.63, 3.8) is 0 Å². The molecule has 0 aromatic rings. The van der Waals surface area contributed by atoms with Gasteiger partial charge >= 0.3 is 0 Å². The zero-order chi connectivity index (χ0) is 11.6. The summed E-state index contributed by atoms with van der Waals surface area (Å²) in [6, 6.07) is 0. The minimum Gasteiger partial charge on any atom is -0.104 e. The summed E-state index contributed by atoms with van der Waals surface area (Å²) in [6.07, 6.45) is 2.91. The molecule has 2 unspecified atom stereocenters. The fourth-order valence-electron chi connectivity index (χ4n) is 0.971. The van der Waals surface area contributed by atoms with E-state index in [-0.39, 0.29) is 32.7 Å². The highest BCUT2D eigenvalue weighted by Gasteiger charge is 2.23. The maximum Gasteiger partial charge on any atom is 0.0814 e. The van der Waals surface area contributed by atoms with Crippen molar-refractivity contribution in [2.75, 3.05) is 25.7 Å². The van der Waals surface area contributed by atoms with Gasteiger partial charge in [0.15, 0.2) is 0 Å². The lowest BCUT2D eigenvalue weighted by Gasteiger charge is -2.33. The van der Waals surface area contributed by atoms with Crippen molar-refractivity contribution < 1.29 is 0 Å². The highest BCUT2D eigenvalue weighted by Crippen LogP contribution is 2.52. The summed E-state index contributed by atoms with van der Waals surface area (Å²) in [5.74, 6) is 0. The van der Waals surface area contributed by atoms with E-state index in [1.54, 1.807) is 0 Å². The predicted molar refractivity (Wildman–Crippen MR) is 94.8 cm³/mol. The Balaban J connectivity index is -0.000000845. The number of hydrogen-bond acceptors (Lipinski definition) is 0. The van der Waals surface area contributed by atoms with Gasteiger partial charge in [0.1, 0.15) is 0 Å². The van der Waals surface area contributed by atoms with Crippen LogP contribution >= 0.6 is 15.8 Å². The van der Waals surface area contributed by atoms with Crippen molar-refractivity contribution in [2.45, 2.75) is 51.9 Å². The summed E-state index contributed by atoms with van der Waals surface area (Å²) in [5, 5.41) is 1.09. The molecule has 0 saturated heterocycles. The molecule has 0 nitrogen and oxygen atoms in total. The second-order valence-corrected chi connectivity index (χ2v) is 12.6. The first-order valence-electron chi connectivity index (χ1n) is 5.47. The molecule has 16 heavy (non-hydrogen) atoms. The molecule has 0 aliphatic heterocycles. The van der Waals surface area contributed by atoms with Gasteiger partial charge in [0.05, 0.1) is 16.8 Å². The van der Waals surface area contributed by atoms with E-state index in [1.165, 1.54) is 12.3 Å². The van der Waals surface area contributed by atoms with Gasteiger partial charge in [-0.2, -0.15) is 0 Å². The standard InChI is InChI=1S/C12H28P2.2BH3/c1-11(2,3)13(7)9-10-14(8)12(4,5)6;;/h9-10H2,1-8H3;2*1H3. The van der Waals surface area contributed by atoms with Crippen LogP contribution in [-0.2, 0) is 0 Å². The monoisotopic (exact) mass is 262 g/mol. The molecule has 0 N–H and O–H groups in total. The van der Waals surface area contributed by atoms with E-state index in [9.17, 15) is 0 Å². The average Bonchev–Trinajstić information content (AvgIpc) is 1.95. The van der Waals surface area contributed by atoms with Crippen LogP contribution in [0.3, 0.4) is 0 Å². The van der Waals surface area contributed by atoms with Crippen LogP contribution in [-0.4, -0.2) is 52.8 Å². The van der Waals surface area contributed by atoms with Crippen molar-refractivity contribution >= 4 is 32.7 Å². The predicted octanol–water partition coefficient (Wildman–Crippen LogP) is 2.44. The Hall–Kier alpha value is 0.990. The molecule has 0 fully saturated rings. The Morgan fingerprint density at radius 1 is 0.625 bits per heavy atom. The Morgan fingerprint density at radius 3 is 0.938 bits per heavy atom.